The van der Waals surface area contributed by atoms with E-state index in [1.54, 1.807) is 18.5 Å². The summed E-state index contributed by atoms with van der Waals surface area (Å²) in [6.45, 7) is 0.597. The fraction of sp³-hybridized carbons (Fsp3) is 0.353. The SMILES string of the molecule is COc1ccc(F)cc1S(=O)(=O)N1CCC(Oc2cccnc2)CC1. The lowest BCUT2D eigenvalue weighted by Crippen LogP contribution is -2.41. The van der Waals surface area contributed by atoms with Gasteiger partial charge < -0.3 is 9.47 Å². The first-order valence-corrected chi connectivity index (χ1v) is 9.35. The Morgan fingerprint density at radius 1 is 1.24 bits per heavy atom. The van der Waals surface area contributed by atoms with E-state index in [0.29, 0.717) is 31.7 Å². The molecule has 0 radical (unpaired) electrons. The van der Waals surface area contributed by atoms with Gasteiger partial charge in [-0.15, -0.1) is 0 Å². The molecule has 134 valence electrons. The Balaban J connectivity index is 1.71. The molecule has 1 fully saturated rings. The summed E-state index contributed by atoms with van der Waals surface area (Å²) < 4.78 is 51.4. The van der Waals surface area contributed by atoms with Gasteiger partial charge in [-0.05, 0) is 43.2 Å². The molecule has 1 saturated heterocycles. The van der Waals surface area contributed by atoms with Crippen molar-refractivity contribution >= 4 is 10.0 Å². The fourth-order valence-electron chi connectivity index (χ4n) is 2.79. The lowest BCUT2D eigenvalue weighted by Gasteiger charge is -2.31. The predicted octanol–water partition coefficient (Wildman–Crippen LogP) is 2.46. The summed E-state index contributed by atoms with van der Waals surface area (Å²) in [5.41, 5.74) is 0. The maximum atomic E-state index is 13.5. The van der Waals surface area contributed by atoms with Crippen molar-refractivity contribution in [2.45, 2.75) is 23.8 Å². The second-order valence-electron chi connectivity index (χ2n) is 5.71. The number of rotatable bonds is 5. The molecule has 0 atom stereocenters. The summed E-state index contributed by atoms with van der Waals surface area (Å²) in [4.78, 5) is 3.84. The molecule has 3 rings (SSSR count). The number of aromatic nitrogens is 1. The zero-order valence-corrected chi connectivity index (χ0v) is 14.6. The average Bonchev–Trinajstić information content (AvgIpc) is 2.63. The molecule has 0 spiro atoms. The van der Waals surface area contributed by atoms with Crippen LogP contribution in [0.15, 0.2) is 47.6 Å². The Morgan fingerprint density at radius 3 is 2.64 bits per heavy atom. The molecular formula is C17H19FN2O4S. The highest BCUT2D eigenvalue weighted by Crippen LogP contribution is 2.29. The molecule has 0 amide bonds. The number of nitrogens with zero attached hydrogens (tertiary/aromatic N) is 2. The highest BCUT2D eigenvalue weighted by molar-refractivity contribution is 7.89. The van der Waals surface area contributed by atoms with Crippen LogP contribution in [0.4, 0.5) is 4.39 Å². The number of benzene rings is 1. The van der Waals surface area contributed by atoms with E-state index < -0.39 is 15.8 Å². The summed E-state index contributed by atoms with van der Waals surface area (Å²) >= 11 is 0. The quantitative estimate of drug-likeness (QED) is 0.813. The highest BCUT2D eigenvalue weighted by atomic mass is 32.2. The summed E-state index contributed by atoms with van der Waals surface area (Å²) in [6, 6.07) is 7.08. The number of sulfonamides is 1. The molecule has 1 aromatic heterocycles. The maximum Gasteiger partial charge on any atom is 0.246 e. The lowest BCUT2D eigenvalue weighted by atomic mass is 10.1. The fourth-order valence-corrected chi connectivity index (χ4v) is 4.43. The van der Waals surface area contributed by atoms with Crippen molar-refractivity contribution in [1.82, 2.24) is 9.29 Å². The normalized spacial score (nSPS) is 16.6. The van der Waals surface area contributed by atoms with Crippen molar-refractivity contribution < 1.29 is 22.3 Å². The first-order chi connectivity index (χ1) is 12.0. The number of methoxy groups -OCH3 is 1. The molecule has 25 heavy (non-hydrogen) atoms. The number of pyridine rings is 1. The van der Waals surface area contributed by atoms with Crippen LogP contribution in [0.25, 0.3) is 0 Å². The van der Waals surface area contributed by atoms with E-state index in [9.17, 15) is 12.8 Å². The van der Waals surface area contributed by atoms with Gasteiger partial charge in [-0.1, -0.05) is 0 Å². The molecule has 2 heterocycles. The van der Waals surface area contributed by atoms with E-state index in [2.05, 4.69) is 4.98 Å². The standard InChI is InChI=1S/C17H19FN2O4S/c1-23-16-5-4-13(18)11-17(16)25(21,22)20-9-6-14(7-10-20)24-15-3-2-8-19-12-15/h2-5,8,11-12,14H,6-7,9-10H2,1H3. The summed E-state index contributed by atoms with van der Waals surface area (Å²) in [5, 5.41) is 0. The summed E-state index contributed by atoms with van der Waals surface area (Å²) in [5.74, 6) is 0.180. The topological polar surface area (TPSA) is 68.7 Å². The largest absolute Gasteiger partial charge is 0.495 e. The van der Waals surface area contributed by atoms with Crippen LogP contribution in [0.5, 0.6) is 11.5 Å². The van der Waals surface area contributed by atoms with E-state index >= 15 is 0 Å². The molecular weight excluding hydrogens is 347 g/mol. The lowest BCUT2D eigenvalue weighted by molar-refractivity contribution is 0.134. The van der Waals surface area contributed by atoms with Crippen LogP contribution in [0.1, 0.15) is 12.8 Å². The van der Waals surface area contributed by atoms with Gasteiger partial charge in [-0.25, -0.2) is 12.8 Å². The molecule has 1 aliphatic heterocycles. The first-order valence-electron chi connectivity index (χ1n) is 7.91. The van der Waals surface area contributed by atoms with Crippen LogP contribution in [0.2, 0.25) is 0 Å². The Labute approximate surface area is 146 Å². The van der Waals surface area contributed by atoms with Gasteiger partial charge in [0, 0.05) is 19.3 Å². The van der Waals surface area contributed by atoms with Crippen LogP contribution in [0, 0.1) is 5.82 Å². The van der Waals surface area contributed by atoms with Gasteiger partial charge in [0.1, 0.15) is 28.3 Å². The van der Waals surface area contributed by atoms with Crippen LogP contribution in [-0.2, 0) is 10.0 Å². The van der Waals surface area contributed by atoms with Crippen LogP contribution < -0.4 is 9.47 Å². The summed E-state index contributed by atoms with van der Waals surface area (Å²) in [7, 11) is -2.46. The van der Waals surface area contributed by atoms with E-state index in [0.717, 1.165) is 6.07 Å². The second-order valence-corrected chi connectivity index (χ2v) is 7.61. The van der Waals surface area contributed by atoms with Crippen molar-refractivity contribution in [2.75, 3.05) is 20.2 Å². The summed E-state index contributed by atoms with van der Waals surface area (Å²) in [6.07, 6.45) is 4.30. The Hall–Kier alpha value is -2.19. The molecule has 6 nitrogen and oxygen atoms in total. The number of ether oxygens (including phenoxy) is 2. The van der Waals surface area contributed by atoms with Gasteiger partial charge in [0.15, 0.2) is 0 Å². The molecule has 1 aliphatic rings. The zero-order valence-electron chi connectivity index (χ0n) is 13.8. The van der Waals surface area contributed by atoms with Crippen molar-refractivity contribution in [3.8, 4) is 11.5 Å². The van der Waals surface area contributed by atoms with Crippen molar-refractivity contribution in [3.05, 3.63) is 48.5 Å². The molecule has 0 unspecified atom stereocenters. The zero-order chi connectivity index (χ0) is 17.9. The van der Waals surface area contributed by atoms with Crippen LogP contribution in [-0.4, -0.2) is 44.0 Å². The molecule has 0 aliphatic carbocycles. The van der Waals surface area contributed by atoms with E-state index in [1.165, 1.54) is 23.5 Å². The minimum Gasteiger partial charge on any atom is -0.495 e. The van der Waals surface area contributed by atoms with Crippen molar-refractivity contribution in [2.24, 2.45) is 0 Å². The van der Waals surface area contributed by atoms with Crippen molar-refractivity contribution in [3.63, 3.8) is 0 Å². The van der Waals surface area contributed by atoms with Gasteiger partial charge in [-0.2, -0.15) is 4.31 Å². The number of piperidine rings is 1. The Bertz CT molecular complexity index is 822. The maximum absolute atomic E-state index is 13.5. The molecule has 0 N–H and O–H groups in total. The molecule has 0 bridgehead atoms. The predicted molar refractivity (Wildman–Crippen MR) is 89.6 cm³/mol. The van der Waals surface area contributed by atoms with Crippen LogP contribution >= 0.6 is 0 Å². The molecule has 0 saturated carbocycles. The smallest absolute Gasteiger partial charge is 0.246 e. The second kappa shape index (κ2) is 7.37. The molecule has 2 aromatic rings. The van der Waals surface area contributed by atoms with Crippen LogP contribution in [0.3, 0.4) is 0 Å². The van der Waals surface area contributed by atoms with Gasteiger partial charge in [0.25, 0.3) is 0 Å². The van der Waals surface area contributed by atoms with Gasteiger partial charge >= 0.3 is 0 Å². The third-order valence-electron chi connectivity index (χ3n) is 4.08. The van der Waals surface area contributed by atoms with Gasteiger partial charge in [0.05, 0.1) is 13.3 Å². The minimum atomic E-state index is -3.82. The van der Waals surface area contributed by atoms with Gasteiger partial charge in [-0.3, -0.25) is 4.98 Å². The third kappa shape index (κ3) is 3.91. The molecule has 1 aromatic carbocycles. The number of hydrogen-bond acceptors (Lipinski definition) is 5. The van der Waals surface area contributed by atoms with Gasteiger partial charge in [0.2, 0.25) is 10.0 Å². The third-order valence-corrected chi connectivity index (χ3v) is 6.00. The Morgan fingerprint density at radius 2 is 2.00 bits per heavy atom. The first kappa shape index (κ1) is 17.6. The van der Waals surface area contributed by atoms with E-state index in [1.807, 2.05) is 6.07 Å². The van der Waals surface area contributed by atoms with Crippen molar-refractivity contribution in [1.29, 1.82) is 0 Å². The minimum absolute atomic E-state index is 0.0787. The van der Waals surface area contributed by atoms with E-state index in [4.69, 9.17) is 9.47 Å². The monoisotopic (exact) mass is 366 g/mol. The number of halogens is 1. The number of hydrogen-bond donors (Lipinski definition) is 0. The van der Waals surface area contributed by atoms with E-state index in [-0.39, 0.29) is 16.7 Å². The Kier molecular flexibility index (Phi) is 5.19. The molecule has 8 heteroatoms. The highest BCUT2D eigenvalue weighted by Gasteiger charge is 2.32. The average molecular weight is 366 g/mol.